The Morgan fingerprint density at radius 2 is 2.16 bits per heavy atom. The van der Waals surface area contributed by atoms with E-state index in [2.05, 4.69) is 22.3 Å². The smallest absolute Gasteiger partial charge is 0.133 e. The molecule has 2 rings (SSSR count). The molecule has 0 spiro atoms. The van der Waals surface area contributed by atoms with Crippen molar-refractivity contribution < 1.29 is 4.74 Å². The number of fused-ring (bicyclic) bond motifs is 1. The van der Waals surface area contributed by atoms with Gasteiger partial charge in [0.1, 0.15) is 11.6 Å². The molecule has 0 aliphatic rings. The number of rotatable bonds is 6. The fourth-order valence-electron chi connectivity index (χ4n) is 2.06. The van der Waals surface area contributed by atoms with Gasteiger partial charge >= 0.3 is 0 Å². The van der Waals surface area contributed by atoms with Crippen LogP contribution in [-0.4, -0.2) is 18.6 Å². The normalized spacial score (nSPS) is 10.1. The Morgan fingerprint density at radius 1 is 1.26 bits per heavy atom. The quantitative estimate of drug-likeness (QED) is 0.633. The summed E-state index contributed by atoms with van der Waals surface area (Å²) >= 11 is 0. The molecule has 0 saturated carbocycles. The molecule has 2 aromatic rings. The summed E-state index contributed by atoms with van der Waals surface area (Å²) in [6, 6.07) is 7.96. The van der Waals surface area contributed by atoms with Crippen molar-refractivity contribution in [3.05, 3.63) is 30.5 Å². The Labute approximate surface area is 114 Å². The lowest BCUT2D eigenvalue weighted by molar-refractivity contribution is 0.420. The van der Waals surface area contributed by atoms with E-state index in [0.717, 1.165) is 48.1 Å². The van der Waals surface area contributed by atoms with Gasteiger partial charge in [-0.3, -0.25) is 0 Å². The highest BCUT2D eigenvalue weighted by molar-refractivity contribution is 5.95. The SMILES string of the molecule is C#CCCCCNc1nccc2c(OC)cccc12. The molecule has 1 aromatic heterocycles. The zero-order valence-electron chi connectivity index (χ0n) is 11.1. The van der Waals surface area contributed by atoms with Crippen molar-refractivity contribution in [1.82, 2.24) is 4.98 Å². The number of methoxy groups -OCH3 is 1. The molecule has 1 heterocycles. The van der Waals surface area contributed by atoms with E-state index in [9.17, 15) is 0 Å². The number of hydrogen-bond acceptors (Lipinski definition) is 3. The van der Waals surface area contributed by atoms with E-state index in [-0.39, 0.29) is 0 Å². The lowest BCUT2D eigenvalue weighted by Crippen LogP contribution is -2.03. The number of hydrogen-bond donors (Lipinski definition) is 1. The van der Waals surface area contributed by atoms with Crippen LogP contribution >= 0.6 is 0 Å². The van der Waals surface area contributed by atoms with E-state index < -0.39 is 0 Å². The minimum atomic E-state index is 0.832. The Bertz CT molecular complexity index is 587. The van der Waals surface area contributed by atoms with Crippen molar-refractivity contribution in [2.75, 3.05) is 19.0 Å². The van der Waals surface area contributed by atoms with Gasteiger partial charge in [0.15, 0.2) is 0 Å². The van der Waals surface area contributed by atoms with Crippen molar-refractivity contribution in [2.45, 2.75) is 19.3 Å². The molecule has 1 N–H and O–H groups in total. The number of benzene rings is 1. The zero-order chi connectivity index (χ0) is 13.5. The molecule has 0 bridgehead atoms. The highest BCUT2D eigenvalue weighted by Gasteiger charge is 2.05. The van der Waals surface area contributed by atoms with Crippen LogP contribution in [0.15, 0.2) is 30.5 Å². The molecule has 0 saturated heterocycles. The van der Waals surface area contributed by atoms with E-state index in [1.807, 2.05) is 18.2 Å². The molecule has 0 radical (unpaired) electrons. The number of unbranched alkanes of at least 4 members (excludes halogenated alkanes) is 2. The Kier molecular flexibility index (Phi) is 4.63. The minimum Gasteiger partial charge on any atom is -0.496 e. The van der Waals surface area contributed by atoms with Gasteiger partial charge < -0.3 is 10.1 Å². The van der Waals surface area contributed by atoms with E-state index >= 15 is 0 Å². The summed E-state index contributed by atoms with van der Waals surface area (Å²) in [6.07, 6.45) is 9.95. The lowest BCUT2D eigenvalue weighted by atomic mass is 10.1. The van der Waals surface area contributed by atoms with Gasteiger partial charge in [0.2, 0.25) is 0 Å². The molecule has 0 fully saturated rings. The summed E-state index contributed by atoms with van der Waals surface area (Å²) in [5.74, 6) is 4.42. The average molecular weight is 254 g/mol. The second-order valence-corrected chi connectivity index (χ2v) is 4.30. The zero-order valence-corrected chi connectivity index (χ0v) is 11.1. The Balaban J connectivity index is 2.13. The van der Waals surface area contributed by atoms with Gasteiger partial charge in [0.25, 0.3) is 0 Å². The summed E-state index contributed by atoms with van der Waals surface area (Å²) < 4.78 is 5.36. The van der Waals surface area contributed by atoms with E-state index in [4.69, 9.17) is 11.2 Å². The molecule has 1 aromatic carbocycles. The summed E-state index contributed by atoms with van der Waals surface area (Å²) in [5.41, 5.74) is 0. The third-order valence-electron chi connectivity index (χ3n) is 3.03. The highest BCUT2D eigenvalue weighted by atomic mass is 16.5. The molecule has 3 nitrogen and oxygen atoms in total. The van der Waals surface area contributed by atoms with Crippen LogP contribution in [0.4, 0.5) is 5.82 Å². The molecule has 0 aliphatic heterocycles. The number of aromatic nitrogens is 1. The summed E-state index contributed by atoms with van der Waals surface area (Å²) in [5, 5.41) is 5.52. The van der Waals surface area contributed by atoms with Gasteiger partial charge in [-0.1, -0.05) is 12.1 Å². The maximum absolute atomic E-state index is 5.36. The van der Waals surface area contributed by atoms with Crippen LogP contribution in [-0.2, 0) is 0 Å². The summed E-state index contributed by atoms with van der Waals surface area (Å²) in [4.78, 5) is 4.39. The van der Waals surface area contributed by atoms with Crippen LogP contribution in [0, 0.1) is 12.3 Å². The molecular weight excluding hydrogens is 236 g/mol. The first-order valence-corrected chi connectivity index (χ1v) is 6.46. The molecule has 3 heteroatoms. The highest BCUT2D eigenvalue weighted by Crippen LogP contribution is 2.28. The standard InChI is InChI=1S/C16H18N2O/c1-3-4-5-6-11-17-16-14-8-7-9-15(19-2)13(14)10-12-18-16/h1,7-10,12H,4-6,11H2,2H3,(H,17,18). The van der Waals surface area contributed by atoms with Gasteiger partial charge in [-0.25, -0.2) is 4.98 Å². The number of ether oxygens (including phenoxy) is 1. The molecular formula is C16H18N2O. The summed E-state index contributed by atoms with van der Waals surface area (Å²) in [7, 11) is 1.68. The van der Waals surface area contributed by atoms with Crippen molar-refractivity contribution >= 4 is 16.6 Å². The second kappa shape index (κ2) is 6.65. The largest absolute Gasteiger partial charge is 0.496 e. The van der Waals surface area contributed by atoms with Gasteiger partial charge in [0, 0.05) is 29.9 Å². The second-order valence-electron chi connectivity index (χ2n) is 4.30. The number of nitrogens with zero attached hydrogens (tertiary/aromatic N) is 1. The Hall–Kier alpha value is -2.21. The molecule has 0 unspecified atom stereocenters. The molecule has 19 heavy (non-hydrogen) atoms. The van der Waals surface area contributed by atoms with Crippen LogP contribution < -0.4 is 10.1 Å². The number of terminal acetylenes is 1. The lowest BCUT2D eigenvalue weighted by Gasteiger charge is -2.10. The molecule has 0 aliphatic carbocycles. The predicted octanol–water partition coefficient (Wildman–Crippen LogP) is 3.46. The fourth-order valence-corrected chi connectivity index (χ4v) is 2.06. The van der Waals surface area contributed by atoms with Gasteiger partial charge in [-0.15, -0.1) is 12.3 Å². The predicted molar refractivity (Wildman–Crippen MR) is 79.5 cm³/mol. The summed E-state index contributed by atoms with van der Waals surface area (Å²) in [6.45, 7) is 0.880. The average Bonchev–Trinajstić information content (AvgIpc) is 2.46. The van der Waals surface area contributed by atoms with Crippen molar-refractivity contribution in [1.29, 1.82) is 0 Å². The van der Waals surface area contributed by atoms with Gasteiger partial charge in [0.05, 0.1) is 7.11 Å². The van der Waals surface area contributed by atoms with Crippen LogP contribution in [0.3, 0.4) is 0 Å². The molecule has 0 atom stereocenters. The van der Waals surface area contributed by atoms with Crippen molar-refractivity contribution in [3.8, 4) is 18.1 Å². The third kappa shape index (κ3) is 3.17. The topological polar surface area (TPSA) is 34.2 Å². The van der Waals surface area contributed by atoms with Crippen LogP contribution in [0.2, 0.25) is 0 Å². The van der Waals surface area contributed by atoms with Crippen LogP contribution in [0.25, 0.3) is 10.8 Å². The van der Waals surface area contributed by atoms with E-state index in [1.54, 1.807) is 13.3 Å². The number of pyridine rings is 1. The first-order valence-electron chi connectivity index (χ1n) is 6.46. The van der Waals surface area contributed by atoms with Crippen molar-refractivity contribution in [3.63, 3.8) is 0 Å². The first kappa shape index (κ1) is 13.2. The van der Waals surface area contributed by atoms with Gasteiger partial charge in [-0.05, 0) is 25.0 Å². The maximum Gasteiger partial charge on any atom is 0.133 e. The van der Waals surface area contributed by atoms with Crippen LogP contribution in [0.1, 0.15) is 19.3 Å². The monoisotopic (exact) mass is 254 g/mol. The molecule has 98 valence electrons. The Morgan fingerprint density at radius 3 is 2.95 bits per heavy atom. The number of anilines is 1. The first-order chi connectivity index (χ1) is 9.36. The molecule has 0 amide bonds. The third-order valence-corrected chi connectivity index (χ3v) is 3.03. The van der Waals surface area contributed by atoms with Crippen LogP contribution in [0.5, 0.6) is 5.75 Å². The van der Waals surface area contributed by atoms with Gasteiger partial charge in [-0.2, -0.15) is 0 Å². The maximum atomic E-state index is 5.36. The minimum absolute atomic E-state index is 0.832. The van der Waals surface area contributed by atoms with Crippen molar-refractivity contribution in [2.24, 2.45) is 0 Å². The fraction of sp³-hybridized carbons (Fsp3) is 0.312. The van der Waals surface area contributed by atoms with E-state index in [1.165, 1.54) is 0 Å². The van der Waals surface area contributed by atoms with E-state index in [0.29, 0.717) is 0 Å². The number of nitrogens with one attached hydrogen (secondary N) is 1.